The van der Waals surface area contributed by atoms with Crippen molar-refractivity contribution in [1.29, 1.82) is 0 Å². The lowest BCUT2D eigenvalue weighted by Gasteiger charge is -2.26. The number of nitrogens with one attached hydrogen (secondary N) is 1. The van der Waals surface area contributed by atoms with Crippen molar-refractivity contribution in [2.45, 2.75) is 315 Å². The molecule has 0 aromatic rings. The fourth-order valence-electron chi connectivity index (χ4n) is 9.10. The summed E-state index contributed by atoms with van der Waals surface area (Å²) in [5, 5.41) is 14.1. The third kappa shape index (κ3) is 52.9. The van der Waals surface area contributed by atoms with Crippen LogP contribution in [0.25, 0.3) is 0 Å². The molecule has 0 rings (SSSR count). The predicted octanol–water partition coefficient (Wildman–Crippen LogP) is 17.8. The van der Waals surface area contributed by atoms with Gasteiger partial charge < -0.3 is 19.8 Å². The van der Waals surface area contributed by atoms with E-state index in [0.717, 1.165) is 38.5 Å². The number of amides is 1. The second-order valence-corrected chi connectivity index (χ2v) is 23.2. The molecular weight excluding hydrogens is 852 g/mol. The average Bonchev–Trinajstić information content (AvgIpc) is 3.29. The molecule has 0 fully saturated rings. The first-order chi connectivity index (χ1) is 32.5. The number of carbonyl (C=O) groups is 1. The van der Waals surface area contributed by atoms with Gasteiger partial charge in [-0.25, -0.2) is 4.57 Å². The van der Waals surface area contributed by atoms with Gasteiger partial charge in [0.1, 0.15) is 13.2 Å². The van der Waals surface area contributed by atoms with Gasteiger partial charge in [-0.2, -0.15) is 0 Å². The number of aliphatic hydroxyl groups excluding tert-OH is 1. The molecule has 8 nitrogen and oxygen atoms in total. The molecule has 0 saturated heterocycles. The normalized spacial score (nSPS) is 14.0. The number of allylic oxidation sites excluding steroid dienone is 2. The molecule has 400 valence electrons. The summed E-state index contributed by atoms with van der Waals surface area (Å²) in [6, 6.07) is -0.759. The van der Waals surface area contributed by atoms with Gasteiger partial charge in [0.25, 0.3) is 0 Å². The highest BCUT2D eigenvalue weighted by Crippen LogP contribution is 2.43. The van der Waals surface area contributed by atoms with Gasteiger partial charge in [0.05, 0.1) is 39.9 Å². The molecule has 0 heterocycles. The Morgan fingerprint density at radius 1 is 0.493 bits per heavy atom. The summed E-state index contributed by atoms with van der Waals surface area (Å²) in [7, 11) is 1.63. The lowest BCUT2D eigenvalue weighted by molar-refractivity contribution is -0.870. The largest absolute Gasteiger partial charge is 0.472 e. The topological polar surface area (TPSA) is 105 Å². The Kier molecular flexibility index (Phi) is 49.6. The van der Waals surface area contributed by atoms with Crippen LogP contribution >= 0.6 is 7.82 Å². The standard InChI is InChI=1S/C58H117N2O6P/c1-6-8-10-12-14-16-18-20-22-24-26-27-28-29-30-31-32-34-35-37-39-41-43-45-47-49-51-57(61)56(55-66-67(63,64)65-54-53-60(3,4)5)59-58(62)52-50-48-46-44-42-40-38-36-33-25-23-21-19-17-15-13-11-9-7-2/h21,23,56-57,61H,6-20,22,24-55H2,1-5H3,(H-,59,62,63,64)/p+1/b23-21-. The van der Waals surface area contributed by atoms with Gasteiger partial charge in [0.2, 0.25) is 5.91 Å². The molecule has 9 heteroatoms. The zero-order chi connectivity index (χ0) is 49.2. The Morgan fingerprint density at radius 2 is 0.806 bits per heavy atom. The Labute approximate surface area is 418 Å². The lowest BCUT2D eigenvalue weighted by atomic mass is 10.0. The Bertz CT molecular complexity index is 1100. The highest BCUT2D eigenvalue weighted by atomic mass is 31.2. The highest BCUT2D eigenvalue weighted by molar-refractivity contribution is 7.47. The van der Waals surface area contributed by atoms with Crippen LogP contribution in [-0.4, -0.2) is 73.4 Å². The van der Waals surface area contributed by atoms with Gasteiger partial charge in [-0.3, -0.25) is 13.8 Å². The van der Waals surface area contributed by atoms with Crippen LogP contribution in [0.2, 0.25) is 0 Å². The van der Waals surface area contributed by atoms with E-state index in [2.05, 4.69) is 31.3 Å². The van der Waals surface area contributed by atoms with Crippen molar-refractivity contribution in [2.75, 3.05) is 40.9 Å². The van der Waals surface area contributed by atoms with Gasteiger partial charge in [-0.1, -0.05) is 270 Å². The third-order valence-electron chi connectivity index (χ3n) is 13.8. The van der Waals surface area contributed by atoms with Gasteiger partial charge in [0.15, 0.2) is 0 Å². The summed E-state index contributed by atoms with van der Waals surface area (Å²) in [4.78, 5) is 23.3. The van der Waals surface area contributed by atoms with Crippen molar-refractivity contribution in [3.8, 4) is 0 Å². The molecule has 0 aliphatic rings. The fraction of sp³-hybridized carbons (Fsp3) is 0.948. The Balaban J connectivity index is 4.11. The monoisotopic (exact) mass is 970 g/mol. The molecule has 0 aliphatic heterocycles. The van der Waals surface area contributed by atoms with E-state index in [1.807, 2.05) is 21.1 Å². The van der Waals surface area contributed by atoms with E-state index in [4.69, 9.17) is 9.05 Å². The Morgan fingerprint density at radius 3 is 1.15 bits per heavy atom. The molecule has 3 unspecified atom stereocenters. The smallest absolute Gasteiger partial charge is 0.391 e. The Hall–Kier alpha value is -0.760. The molecular formula is C58H118N2O6P+. The summed E-state index contributed by atoms with van der Waals surface area (Å²) in [5.41, 5.74) is 0. The van der Waals surface area contributed by atoms with E-state index >= 15 is 0 Å². The molecule has 0 aliphatic carbocycles. The molecule has 0 aromatic heterocycles. The van der Waals surface area contributed by atoms with Crippen molar-refractivity contribution < 1.29 is 32.9 Å². The number of quaternary nitrogens is 1. The number of nitrogens with zero attached hydrogens (tertiary/aromatic N) is 1. The first-order valence-electron chi connectivity index (χ1n) is 29.6. The maximum absolute atomic E-state index is 13.0. The SMILES string of the molecule is CCCCCCCC/C=C\CCCCCCCCCCCC(=O)NC(COP(=O)(O)OCC[N+](C)(C)C)C(O)CCCCCCCCCCCCCCCCCCCCCCCCCCCC. The van der Waals surface area contributed by atoms with Crippen LogP contribution in [0.1, 0.15) is 303 Å². The van der Waals surface area contributed by atoms with Crippen molar-refractivity contribution in [3.05, 3.63) is 12.2 Å². The summed E-state index contributed by atoms with van der Waals surface area (Å²) >= 11 is 0. The summed E-state index contributed by atoms with van der Waals surface area (Å²) in [5.74, 6) is -0.141. The van der Waals surface area contributed by atoms with Gasteiger partial charge >= 0.3 is 7.82 Å². The van der Waals surface area contributed by atoms with Crippen LogP contribution in [0.5, 0.6) is 0 Å². The fourth-order valence-corrected chi connectivity index (χ4v) is 9.84. The van der Waals surface area contributed by atoms with E-state index in [1.54, 1.807) is 0 Å². The molecule has 3 atom stereocenters. The minimum Gasteiger partial charge on any atom is -0.391 e. The maximum atomic E-state index is 13.0. The van der Waals surface area contributed by atoms with Gasteiger partial charge in [0, 0.05) is 6.42 Å². The number of likely N-dealkylation sites (N-methyl/N-ethyl adjacent to an activating group) is 1. The second-order valence-electron chi connectivity index (χ2n) is 21.7. The second kappa shape index (κ2) is 50.2. The van der Waals surface area contributed by atoms with Crippen molar-refractivity contribution in [3.63, 3.8) is 0 Å². The van der Waals surface area contributed by atoms with Crippen LogP contribution in [0, 0.1) is 0 Å². The molecule has 0 spiro atoms. The predicted molar refractivity (Wildman–Crippen MR) is 291 cm³/mol. The summed E-state index contributed by atoms with van der Waals surface area (Å²) in [6.45, 7) is 4.93. The van der Waals surface area contributed by atoms with Crippen molar-refractivity contribution in [1.82, 2.24) is 5.32 Å². The molecule has 0 bridgehead atoms. The number of rotatable bonds is 55. The first-order valence-corrected chi connectivity index (χ1v) is 31.0. The number of phosphoric acid groups is 1. The van der Waals surface area contributed by atoms with Crippen LogP contribution in [-0.2, 0) is 18.4 Å². The van der Waals surface area contributed by atoms with Gasteiger partial charge in [-0.05, 0) is 38.5 Å². The number of hydrogen-bond acceptors (Lipinski definition) is 5. The highest BCUT2D eigenvalue weighted by Gasteiger charge is 2.28. The molecule has 67 heavy (non-hydrogen) atoms. The van der Waals surface area contributed by atoms with Crippen molar-refractivity contribution in [2.24, 2.45) is 0 Å². The van der Waals surface area contributed by atoms with Crippen LogP contribution in [0.15, 0.2) is 12.2 Å². The molecule has 0 saturated carbocycles. The quantitative estimate of drug-likeness (QED) is 0.0243. The number of unbranched alkanes of at least 4 members (excludes halogenated alkanes) is 40. The number of carbonyl (C=O) groups excluding carboxylic acids is 1. The minimum absolute atomic E-state index is 0.0768. The van der Waals surface area contributed by atoms with Crippen LogP contribution in [0.4, 0.5) is 0 Å². The minimum atomic E-state index is -4.32. The summed E-state index contributed by atoms with van der Waals surface area (Å²) in [6.07, 6.45) is 61.3. The van der Waals surface area contributed by atoms with E-state index in [9.17, 15) is 19.4 Å². The zero-order valence-electron chi connectivity index (χ0n) is 45.7. The van der Waals surface area contributed by atoms with Crippen LogP contribution < -0.4 is 5.32 Å². The first kappa shape index (κ1) is 66.2. The number of hydrogen-bond donors (Lipinski definition) is 3. The van der Waals surface area contributed by atoms with Gasteiger partial charge in [-0.15, -0.1) is 0 Å². The maximum Gasteiger partial charge on any atom is 0.472 e. The van der Waals surface area contributed by atoms with Crippen LogP contribution in [0.3, 0.4) is 0 Å². The lowest BCUT2D eigenvalue weighted by Crippen LogP contribution is -2.46. The molecule has 1 amide bonds. The third-order valence-corrected chi connectivity index (χ3v) is 14.7. The van der Waals surface area contributed by atoms with E-state index in [-0.39, 0.29) is 19.1 Å². The average molecular weight is 971 g/mol. The molecule has 0 radical (unpaired) electrons. The molecule has 3 N–H and O–H groups in total. The van der Waals surface area contributed by atoms with Crippen molar-refractivity contribution >= 4 is 13.7 Å². The number of aliphatic hydroxyl groups is 1. The summed E-state index contributed by atoms with van der Waals surface area (Å²) < 4.78 is 23.8. The van der Waals surface area contributed by atoms with E-state index in [0.29, 0.717) is 23.9 Å². The zero-order valence-corrected chi connectivity index (χ0v) is 46.6. The number of phosphoric ester groups is 1. The van der Waals surface area contributed by atoms with E-state index in [1.165, 1.54) is 238 Å². The molecule has 0 aromatic carbocycles. The van der Waals surface area contributed by atoms with E-state index < -0.39 is 20.0 Å².